The molecule has 2 nitrogen and oxygen atoms in total. The Kier molecular flexibility index (Phi) is 4.04. The molecular formula is C12H12BN2S. The van der Waals surface area contributed by atoms with Crippen molar-refractivity contribution in [2.45, 2.75) is 9.79 Å². The van der Waals surface area contributed by atoms with E-state index in [0.29, 0.717) is 0 Å². The molecule has 4 N–H and O–H groups in total. The first-order chi connectivity index (χ1) is 6.93. The molecule has 0 unspecified atom stereocenters. The van der Waals surface area contributed by atoms with E-state index in [2.05, 4.69) is 53.8 Å². The summed E-state index contributed by atoms with van der Waals surface area (Å²) in [5.41, 5.74) is 2.41. The molecule has 79 valence electrons. The smallest absolute Gasteiger partial charge is 0.0526 e. The third kappa shape index (κ3) is 2.08. The van der Waals surface area contributed by atoms with Gasteiger partial charge in [0.2, 0.25) is 0 Å². The molecule has 4 heteroatoms. The summed E-state index contributed by atoms with van der Waals surface area (Å²) >= 11 is 1.82. The predicted molar refractivity (Wildman–Crippen MR) is 71.1 cm³/mol. The van der Waals surface area contributed by atoms with E-state index in [1.54, 1.807) is 0 Å². The first-order valence-electron chi connectivity index (χ1n) is 4.56. The third-order valence-corrected chi connectivity index (χ3v) is 3.42. The van der Waals surface area contributed by atoms with Gasteiger partial charge in [-0.05, 0) is 24.3 Å². The Morgan fingerprint density at radius 2 is 1.19 bits per heavy atom. The van der Waals surface area contributed by atoms with Gasteiger partial charge >= 0.3 is 0 Å². The molecule has 0 fully saturated rings. The van der Waals surface area contributed by atoms with Crippen molar-refractivity contribution in [3.63, 3.8) is 0 Å². The molecular weight excluding hydrogens is 215 g/mol. The molecule has 0 amide bonds. The number of hydrogen-bond donors (Lipinski definition) is 2. The minimum atomic E-state index is 0. The van der Waals surface area contributed by atoms with Crippen LogP contribution in [-0.2, 0) is 0 Å². The van der Waals surface area contributed by atoms with Gasteiger partial charge in [0.05, 0.1) is 11.4 Å². The second-order valence-corrected chi connectivity index (χ2v) is 4.30. The summed E-state index contributed by atoms with van der Waals surface area (Å²) in [6.07, 6.45) is 0. The Balaban J connectivity index is 0.000000640. The molecule has 1 aliphatic rings. The number of benzene rings is 2. The summed E-state index contributed by atoms with van der Waals surface area (Å²) in [5, 5.41) is 3.42. The van der Waals surface area contributed by atoms with E-state index in [1.165, 1.54) is 21.2 Å². The Hall–Kier alpha value is -1.39. The standard InChI is InChI=1S/C12H9NS.B.H3N/c1-3-7-11-9(5-1)13-10-6-2-4-8-12(10)14-11;;/h1-8,13H;;1H3. The lowest BCUT2D eigenvalue weighted by Gasteiger charge is -2.19. The minimum Gasteiger partial charge on any atom is -0.354 e. The van der Waals surface area contributed by atoms with E-state index in [1.807, 2.05) is 11.8 Å². The fourth-order valence-corrected chi connectivity index (χ4v) is 2.57. The van der Waals surface area contributed by atoms with Crippen LogP contribution in [0.2, 0.25) is 0 Å². The Bertz CT molecular complexity index is 400. The molecule has 3 rings (SSSR count). The highest BCUT2D eigenvalue weighted by molar-refractivity contribution is 7.99. The Morgan fingerprint density at radius 1 is 0.750 bits per heavy atom. The van der Waals surface area contributed by atoms with Crippen molar-refractivity contribution < 1.29 is 0 Å². The van der Waals surface area contributed by atoms with E-state index in [4.69, 9.17) is 0 Å². The van der Waals surface area contributed by atoms with Crippen molar-refractivity contribution in [1.29, 1.82) is 0 Å². The van der Waals surface area contributed by atoms with Crippen LogP contribution in [0.1, 0.15) is 0 Å². The molecule has 2 aromatic rings. The SMILES string of the molecule is N.[B].c1ccc2c(c1)Nc1ccccc1S2. The van der Waals surface area contributed by atoms with Gasteiger partial charge in [-0.2, -0.15) is 0 Å². The van der Waals surface area contributed by atoms with Crippen LogP contribution in [0.5, 0.6) is 0 Å². The van der Waals surface area contributed by atoms with Crippen LogP contribution in [0.3, 0.4) is 0 Å². The highest BCUT2D eigenvalue weighted by Crippen LogP contribution is 2.43. The second-order valence-electron chi connectivity index (χ2n) is 3.22. The van der Waals surface area contributed by atoms with Gasteiger partial charge in [-0.25, -0.2) is 0 Å². The molecule has 0 aliphatic carbocycles. The maximum Gasteiger partial charge on any atom is 0.0526 e. The van der Waals surface area contributed by atoms with E-state index in [9.17, 15) is 0 Å². The van der Waals surface area contributed by atoms with Crippen molar-refractivity contribution in [2.75, 3.05) is 5.32 Å². The van der Waals surface area contributed by atoms with Gasteiger partial charge in [0.1, 0.15) is 0 Å². The monoisotopic (exact) mass is 227 g/mol. The number of para-hydroxylation sites is 2. The molecule has 0 saturated carbocycles. The molecule has 0 spiro atoms. The number of fused-ring (bicyclic) bond motifs is 2. The molecule has 0 aromatic heterocycles. The topological polar surface area (TPSA) is 47.0 Å². The van der Waals surface area contributed by atoms with Gasteiger partial charge in [0, 0.05) is 18.2 Å². The van der Waals surface area contributed by atoms with Crippen LogP contribution in [-0.4, -0.2) is 8.41 Å². The number of hydrogen-bond acceptors (Lipinski definition) is 3. The highest BCUT2D eigenvalue weighted by atomic mass is 32.2. The van der Waals surface area contributed by atoms with Gasteiger partial charge < -0.3 is 11.5 Å². The molecule has 0 atom stereocenters. The summed E-state index contributed by atoms with van der Waals surface area (Å²) in [6, 6.07) is 16.8. The minimum absolute atomic E-state index is 0. The highest BCUT2D eigenvalue weighted by Gasteiger charge is 2.13. The fourth-order valence-electron chi connectivity index (χ4n) is 1.58. The predicted octanol–water partition coefficient (Wildman–Crippen LogP) is 3.68. The van der Waals surface area contributed by atoms with Gasteiger partial charge in [-0.1, -0.05) is 36.0 Å². The second kappa shape index (κ2) is 5.10. The zero-order chi connectivity index (χ0) is 9.38. The maximum absolute atomic E-state index is 3.42. The summed E-state index contributed by atoms with van der Waals surface area (Å²) in [6.45, 7) is 0. The Morgan fingerprint density at radius 3 is 1.69 bits per heavy atom. The average Bonchev–Trinajstić information content (AvgIpc) is 2.26. The van der Waals surface area contributed by atoms with Crippen LogP contribution in [0.15, 0.2) is 58.3 Å². The molecule has 2 aromatic carbocycles. The molecule has 0 bridgehead atoms. The largest absolute Gasteiger partial charge is 0.354 e. The maximum atomic E-state index is 3.42. The van der Waals surface area contributed by atoms with Crippen LogP contribution >= 0.6 is 11.8 Å². The van der Waals surface area contributed by atoms with Crippen LogP contribution in [0.4, 0.5) is 11.4 Å². The average molecular weight is 227 g/mol. The third-order valence-electron chi connectivity index (χ3n) is 2.26. The van der Waals surface area contributed by atoms with Crippen molar-refractivity contribution >= 4 is 31.5 Å². The Labute approximate surface area is 102 Å². The molecule has 0 saturated heterocycles. The zero-order valence-corrected chi connectivity index (χ0v) is 9.63. The van der Waals surface area contributed by atoms with E-state index >= 15 is 0 Å². The lowest BCUT2D eigenvalue weighted by Crippen LogP contribution is -1.98. The van der Waals surface area contributed by atoms with Gasteiger partial charge in [0.25, 0.3) is 0 Å². The zero-order valence-electron chi connectivity index (χ0n) is 8.81. The molecule has 16 heavy (non-hydrogen) atoms. The lowest BCUT2D eigenvalue weighted by atomic mass is 10.2. The van der Waals surface area contributed by atoms with Crippen molar-refractivity contribution in [3.05, 3.63) is 48.5 Å². The van der Waals surface area contributed by atoms with E-state index < -0.39 is 0 Å². The number of anilines is 2. The van der Waals surface area contributed by atoms with E-state index in [-0.39, 0.29) is 14.6 Å². The fraction of sp³-hybridized carbons (Fsp3) is 0. The number of rotatable bonds is 0. The molecule has 3 radical (unpaired) electrons. The van der Waals surface area contributed by atoms with Crippen molar-refractivity contribution in [2.24, 2.45) is 0 Å². The molecule has 1 heterocycles. The summed E-state index contributed by atoms with van der Waals surface area (Å²) in [5.74, 6) is 0. The summed E-state index contributed by atoms with van der Waals surface area (Å²) < 4.78 is 0. The number of nitrogens with one attached hydrogen (secondary N) is 1. The van der Waals surface area contributed by atoms with Crippen LogP contribution < -0.4 is 11.5 Å². The van der Waals surface area contributed by atoms with E-state index in [0.717, 1.165) is 0 Å². The van der Waals surface area contributed by atoms with Crippen LogP contribution in [0, 0.1) is 0 Å². The van der Waals surface area contributed by atoms with Crippen molar-refractivity contribution in [3.8, 4) is 0 Å². The molecule has 1 aliphatic heterocycles. The quantitative estimate of drug-likeness (QED) is 0.576. The first kappa shape index (κ1) is 12.7. The summed E-state index contributed by atoms with van der Waals surface area (Å²) in [7, 11) is 0. The normalized spacial score (nSPS) is 11.0. The van der Waals surface area contributed by atoms with Gasteiger partial charge in [-0.3, -0.25) is 0 Å². The van der Waals surface area contributed by atoms with Crippen LogP contribution in [0.25, 0.3) is 0 Å². The van der Waals surface area contributed by atoms with Gasteiger partial charge in [0.15, 0.2) is 0 Å². The lowest BCUT2D eigenvalue weighted by molar-refractivity contribution is 1.32. The first-order valence-corrected chi connectivity index (χ1v) is 5.38. The summed E-state index contributed by atoms with van der Waals surface area (Å²) in [4.78, 5) is 2.59. The van der Waals surface area contributed by atoms with Gasteiger partial charge in [-0.15, -0.1) is 0 Å². The van der Waals surface area contributed by atoms with Crippen molar-refractivity contribution in [1.82, 2.24) is 6.15 Å².